The van der Waals surface area contributed by atoms with Gasteiger partial charge in [0.1, 0.15) is 0 Å². The normalized spacial score (nSPS) is 14.2. The van der Waals surface area contributed by atoms with E-state index in [1.165, 1.54) is 13.5 Å². The summed E-state index contributed by atoms with van der Waals surface area (Å²) >= 11 is 5.92. The minimum atomic E-state index is -0.235. The summed E-state index contributed by atoms with van der Waals surface area (Å²) in [5, 5.41) is 3.32. The first-order valence-corrected chi connectivity index (χ1v) is 8.61. The van der Waals surface area contributed by atoms with Gasteiger partial charge in [0.25, 0.3) is 5.91 Å². The lowest BCUT2D eigenvalue weighted by Gasteiger charge is -2.26. The zero-order valence-electron chi connectivity index (χ0n) is 14.0. The van der Waals surface area contributed by atoms with Crippen LogP contribution in [-0.4, -0.2) is 41.1 Å². The monoisotopic (exact) mass is 361 g/mol. The molecule has 1 N–H and O–H groups in total. The number of nitrogens with zero attached hydrogens (tertiary/aromatic N) is 4. The van der Waals surface area contributed by atoms with Crippen molar-refractivity contribution in [3.63, 3.8) is 0 Å². The number of nitrogens with one attached hydrogen (secondary N) is 1. The molecule has 2 aromatic rings. The van der Waals surface area contributed by atoms with Crippen LogP contribution in [0.2, 0.25) is 5.02 Å². The fourth-order valence-electron chi connectivity index (χ4n) is 2.68. The molecule has 0 atom stereocenters. The zero-order valence-corrected chi connectivity index (χ0v) is 14.8. The summed E-state index contributed by atoms with van der Waals surface area (Å²) in [6, 6.07) is 7.03. The molecule has 0 spiro atoms. The predicted molar refractivity (Wildman–Crippen MR) is 95.1 cm³/mol. The van der Waals surface area contributed by atoms with E-state index in [1.54, 1.807) is 24.3 Å². The van der Waals surface area contributed by atoms with Crippen molar-refractivity contribution in [3.8, 4) is 6.01 Å². The number of halogens is 1. The molecule has 1 aliphatic heterocycles. The van der Waals surface area contributed by atoms with Crippen LogP contribution in [0.15, 0.2) is 24.3 Å². The molecular weight excluding hydrogens is 342 g/mol. The largest absolute Gasteiger partial charge is 0.467 e. The molecule has 1 saturated heterocycles. The third kappa shape index (κ3) is 4.57. The Bertz CT molecular complexity index is 750. The van der Waals surface area contributed by atoms with Gasteiger partial charge in [-0.15, -0.1) is 0 Å². The van der Waals surface area contributed by atoms with Crippen LogP contribution in [0.1, 0.15) is 35.4 Å². The number of hydrogen-bond acceptors (Lipinski definition) is 6. The van der Waals surface area contributed by atoms with E-state index in [9.17, 15) is 4.79 Å². The average molecular weight is 362 g/mol. The van der Waals surface area contributed by atoms with Gasteiger partial charge in [0.15, 0.2) is 5.82 Å². The lowest BCUT2D eigenvalue weighted by Crippen LogP contribution is -2.32. The van der Waals surface area contributed by atoms with E-state index in [1.807, 2.05) is 0 Å². The summed E-state index contributed by atoms with van der Waals surface area (Å²) in [5.74, 6) is 0.822. The standard InChI is InChI=1S/C17H20ClN5O2/c1-25-17-21-14(20-16(22-17)23-8-3-2-4-9-23)11-19-15(24)12-6-5-7-13(18)10-12/h5-7,10H,2-4,8-9,11H2,1H3,(H,19,24). The Morgan fingerprint density at radius 3 is 2.76 bits per heavy atom. The molecule has 1 aromatic heterocycles. The number of aromatic nitrogens is 3. The number of ether oxygens (including phenoxy) is 1. The maximum atomic E-state index is 12.2. The molecule has 3 rings (SSSR count). The van der Waals surface area contributed by atoms with Crippen LogP contribution in [0.25, 0.3) is 0 Å². The van der Waals surface area contributed by atoms with Crippen LogP contribution in [0, 0.1) is 0 Å². The molecule has 0 bridgehead atoms. The summed E-state index contributed by atoms with van der Waals surface area (Å²) in [7, 11) is 1.52. The van der Waals surface area contributed by atoms with Gasteiger partial charge in [-0.1, -0.05) is 17.7 Å². The Morgan fingerprint density at radius 2 is 2.04 bits per heavy atom. The van der Waals surface area contributed by atoms with Crippen molar-refractivity contribution in [1.29, 1.82) is 0 Å². The van der Waals surface area contributed by atoms with Crippen LogP contribution in [0.5, 0.6) is 6.01 Å². The number of rotatable bonds is 5. The molecule has 0 saturated carbocycles. The molecular formula is C17H20ClN5O2. The average Bonchev–Trinajstić information content (AvgIpc) is 2.66. The minimum absolute atomic E-state index is 0.186. The summed E-state index contributed by atoms with van der Waals surface area (Å²) in [6.07, 6.45) is 3.46. The van der Waals surface area contributed by atoms with Crippen molar-refractivity contribution in [3.05, 3.63) is 40.7 Å². The van der Waals surface area contributed by atoms with E-state index in [0.717, 1.165) is 25.9 Å². The number of carbonyl (C=O) groups is 1. The molecule has 0 unspecified atom stereocenters. The predicted octanol–water partition coefficient (Wildman–Crippen LogP) is 2.45. The van der Waals surface area contributed by atoms with Crippen molar-refractivity contribution in [2.24, 2.45) is 0 Å². The second-order valence-electron chi connectivity index (χ2n) is 5.78. The Labute approximate surface area is 151 Å². The van der Waals surface area contributed by atoms with Crippen molar-refractivity contribution >= 4 is 23.5 Å². The van der Waals surface area contributed by atoms with Gasteiger partial charge in [0.05, 0.1) is 13.7 Å². The van der Waals surface area contributed by atoms with Crippen molar-refractivity contribution < 1.29 is 9.53 Å². The molecule has 7 nitrogen and oxygen atoms in total. The van der Waals surface area contributed by atoms with E-state index >= 15 is 0 Å². The third-order valence-corrected chi connectivity index (χ3v) is 4.20. The highest BCUT2D eigenvalue weighted by Crippen LogP contribution is 2.17. The zero-order chi connectivity index (χ0) is 17.6. The van der Waals surface area contributed by atoms with Gasteiger partial charge in [0.2, 0.25) is 5.95 Å². The SMILES string of the molecule is COc1nc(CNC(=O)c2cccc(Cl)c2)nc(N2CCCCC2)n1. The summed E-state index contributed by atoms with van der Waals surface area (Å²) in [5.41, 5.74) is 0.491. The maximum Gasteiger partial charge on any atom is 0.321 e. The van der Waals surface area contributed by atoms with Crippen molar-refractivity contribution in [1.82, 2.24) is 20.3 Å². The summed E-state index contributed by atoms with van der Waals surface area (Å²) in [6.45, 7) is 2.02. The van der Waals surface area contributed by atoms with E-state index in [4.69, 9.17) is 16.3 Å². The Balaban J connectivity index is 1.71. The molecule has 1 amide bonds. The molecule has 0 radical (unpaired) electrons. The van der Waals surface area contributed by atoms with Gasteiger partial charge < -0.3 is 15.0 Å². The van der Waals surface area contributed by atoms with Gasteiger partial charge in [-0.25, -0.2) is 0 Å². The van der Waals surface area contributed by atoms with E-state index in [0.29, 0.717) is 22.4 Å². The van der Waals surface area contributed by atoms with Crippen LogP contribution in [-0.2, 0) is 6.54 Å². The van der Waals surface area contributed by atoms with Crippen LogP contribution < -0.4 is 15.0 Å². The second-order valence-corrected chi connectivity index (χ2v) is 6.22. The molecule has 25 heavy (non-hydrogen) atoms. The Morgan fingerprint density at radius 1 is 1.24 bits per heavy atom. The molecule has 132 valence electrons. The quantitative estimate of drug-likeness (QED) is 0.881. The van der Waals surface area contributed by atoms with Crippen LogP contribution in [0.4, 0.5) is 5.95 Å². The highest BCUT2D eigenvalue weighted by atomic mass is 35.5. The molecule has 1 aromatic carbocycles. The summed E-state index contributed by atoms with van der Waals surface area (Å²) < 4.78 is 5.17. The molecule has 8 heteroatoms. The molecule has 2 heterocycles. The number of hydrogen-bond donors (Lipinski definition) is 1. The van der Waals surface area contributed by atoms with Gasteiger partial charge in [-0.3, -0.25) is 4.79 Å². The van der Waals surface area contributed by atoms with E-state index in [-0.39, 0.29) is 18.5 Å². The van der Waals surface area contributed by atoms with Gasteiger partial charge in [-0.2, -0.15) is 15.0 Å². The van der Waals surface area contributed by atoms with Gasteiger partial charge in [-0.05, 0) is 37.5 Å². The first-order chi connectivity index (χ1) is 12.2. The second kappa shape index (κ2) is 8.11. The number of piperidine rings is 1. The molecule has 0 aliphatic carbocycles. The highest BCUT2D eigenvalue weighted by Gasteiger charge is 2.17. The summed E-state index contributed by atoms with van der Waals surface area (Å²) in [4.78, 5) is 27.4. The maximum absolute atomic E-state index is 12.2. The number of methoxy groups -OCH3 is 1. The van der Waals surface area contributed by atoms with Crippen molar-refractivity contribution in [2.75, 3.05) is 25.1 Å². The molecule has 1 fully saturated rings. The Kier molecular flexibility index (Phi) is 5.65. The fourth-order valence-corrected chi connectivity index (χ4v) is 2.87. The lowest BCUT2D eigenvalue weighted by molar-refractivity contribution is 0.0949. The van der Waals surface area contributed by atoms with E-state index in [2.05, 4.69) is 25.2 Å². The van der Waals surface area contributed by atoms with Crippen LogP contribution >= 0.6 is 11.6 Å². The smallest absolute Gasteiger partial charge is 0.321 e. The number of benzene rings is 1. The van der Waals surface area contributed by atoms with Crippen molar-refractivity contribution in [2.45, 2.75) is 25.8 Å². The molecule has 1 aliphatic rings. The fraction of sp³-hybridized carbons (Fsp3) is 0.412. The minimum Gasteiger partial charge on any atom is -0.467 e. The van der Waals surface area contributed by atoms with Gasteiger partial charge in [0, 0.05) is 23.7 Å². The first kappa shape index (κ1) is 17.4. The highest BCUT2D eigenvalue weighted by molar-refractivity contribution is 6.30. The third-order valence-electron chi connectivity index (χ3n) is 3.96. The number of carbonyl (C=O) groups excluding carboxylic acids is 1. The van der Waals surface area contributed by atoms with Gasteiger partial charge >= 0.3 is 6.01 Å². The number of anilines is 1. The number of amides is 1. The van der Waals surface area contributed by atoms with E-state index < -0.39 is 0 Å². The topological polar surface area (TPSA) is 80.2 Å². The first-order valence-electron chi connectivity index (χ1n) is 8.23. The van der Waals surface area contributed by atoms with Crippen LogP contribution in [0.3, 0.4) is 0 Å². The lowest BCUT2D eigenvalue weighted by atomic mass is 10.1. The Hall–Kier alpha value is -2.41.